The van der Waals surface area contributed by atoms with Crippen LogP contribution in [0.1, 0.15) is 96.3 Å². The molecule has 0 aromatic heterocycles. The molecule has 0 aromatic carbocycles. The predicted octanol–water partition coefficient (Wildman–Crippen LogP) is 5.57. The van der Waals surface area contributed by atoms with Gasteiger partial charge in [-0.3, -0.25) is 0 Å². The second-order valence-electron chi connectivity index (χ2n) is 6.97. The molecule has 1 fully saturated rings. The third-order valence-electron chi connectivity index (χ3n) is 5.11. The van der Waals surface area contributed by atoms with Gasteiger partial charge in [0.15, 0.2) is 6.10 Å². The highest BCUT2D eigenvalue weighted by molar-refractivity contribution is 5.72. The third-order valence-corrected chi connectivity index (χ3v) is 5.11. The summed E-state index contributed by atoms with van der Waals surface area (Å²) in [5.41, 5.74) is 0. The molecule has 1 aliphatic rings. The van der Waals surface area contributed by atoms with Gasteiger partial charge >= 0.3 is 5.97 Å². The molecule has 0 bridgehead atoms. The van der Waals surface area contributed by atoms with E-state index in [1.165, 1.54) is 84.2 Å². The fourth-order valence-corrected chi connectivity index (χ4v) is 3.64. The molecule has 22 heavy (non-hydrogen) atoms. The van der Waals surface area contributed by atoms with Crippen LogP contribution in [-0.2, 0) is 9.53 Å². The van der Waals surface area contributed by atoms with E-state index in [0.29, 0.717) is 6.42 Å². The zero-order valence-electron chi connectivity index (χ0n) is 14.5. The molecule has 1 aliphatic carbocycles. The average molecular weight is 312 g/mol. The Kier molecular flexibility index (Phi) is 11.4. The van der Waals surface area contributed by atoms with Crippen LogP contribution >= 0.6 is 0 Å². The van der Waals surface area contributed by atoms with Crippen LogP contribution < -0.4 is 0 Å². The molecule has 1 saturated carbocycles. The van der Waals surface area contributed by atoms with E-state index >= 15 is 0 Å². The number of unbranched alkanes of at least 4 members (excludes halogenated alkanes) is 7. The highest BCUT2D eigenvalue weighted by Gasteiger charge is 2.15. The van der Waals surface area contributed by atoms with Gasteiger partial charge in [0, 0.05) is 7.11 Å². The van der Waals surface area contributed by atoms with Crippen LogP contribution in [0.3, 0.4) is 0 Å². The fraction of sp³-hybridized carbons (Fsp3) is 0.947. The summed E-state index contributed by atoms with van der Waals surface area (Å²) in [6.45, 7) is 0. The minimum Gasteiger partial charge on any atom is -0.479 e. The van der Waals surface area contributed by atoms with E-state index in [2.05, 4.69) is 0 Å². The highest BCUT2D eigenvalue weighted by atomic mass is 16.5. The van der Waals surface area contributed by atoms with Gasteiger partial charge < -0.3 is 9.84 Å². The van der Waals surface area contributed by atoms with Gasteiger partial charge in [-0.15, -0.1) is 0 Å². The number of ether oxygens (including phenoxy) is 1. The molecule has 0 saturated heterocycles. The van der Waals surface area contributed by atoms with Gasteiger partial charge in [0.1, 0.15) is 0 Å². The van der Waals surface area contributed by atoms with Crippen molar-refractivity contribution < 1.29 is 14.6 Å². The Labute approximate surface area is 136 Å². The molecule has 1 unspecified atom stereocenters. The molecule has 0 aliphatic heterocycles. The van der Waals surface area contributed by atoms with Crippen molar-refractivity contribution in [3.8, 4) is 0 Å². The summed E-state index contributed by atoms with van der Waals surface area (Å²) in [5.74, 6) is 0.206. The first kappa shape index (κ1) is 19.5. The summed E-state index contributed by atoms with van der Waals surface area (Å²) in [6.07, 6.45) is 19.1. The van der Waals surface area contributed by atoms with Gasteiger partial charge in [-0.05, 0) is 12.3 Å². The summed E-state index contributed by atoms with van der Waals surface area (Å²) in [5, 5.41) is 8.87. The molecule has 0 spiro atoms. The molecule has 3 heteroatoms. The summed E-state index contributed by atoms with van der Waals surface area (Å²) in [6, 6.07) is 0. The lowest BCUT2D eigenvalue weighted by molar-refractivity contribution is -0.148. The number of carboxylic acids is 1. The number of hydrogen-bond donors (Lipinski definition) is 1. The van der Waals surface area contributed by atoms with E-state index in [-0.39, 0.29) is 0 Å². The number of aliphatic carboxylic acids is 1. The van der Waals surface area contributed by atoms with Crippen molar-refractivity contribution in [3.05, 3.63) is 0 Å². The lowest BCUT2D eigenvalue weighted by Crippen LogP contribution is -2.21. The zero-order chi connectivity index (χ0) is 16.0. The highest BCUT2D eigenvalue weighted by Crippen LogP contribution is 2.28. The van der Waals surface area contributed by atoms with Gasteiger partial charge in [-0.2, -0.15) is 0 Å². The van der Waals surface area contributed by atoms with Gasteiger partial charge in [-0.25, -0.2) is 4.79 Å². The number of hydrogen-bond acceptors (Lipinski definition) is 2. The lowest BCUT2D eigenvalue weighted by atomic mass is 9.85. The Balaban J connectivity index is 1.80. The second kappa shape index (κ2) is 12.9. The first-order valence-corrected chi connectivity index (χ1v) is 9.49. The molecule has 130 valence electrons. The van der Waals surface area contributed by atoms with Crippen LogP contribution in [0.25, 0.3) is 0 Å². The Morgan fingerprint density at radius 3 is 2.05 bits per heavy atom. The fourth-order valence-electron chi connectivity index (χ4n) is 3.64. The van der Waals surface area contributed by atoms with E-state index in [9.17, 15) is 4.79 Å². The maximum Gasteiger partial charge on any atom is 0.332 e. The van der Waals surface area contributed by atoms with Gasteiger partial charge in [-0.1, -0.05) is 89.9 Å². The average Bonchev–Trinajstić information content (AvgIpc) is 2.53. The maximum absolute atomic E-state index is 10.8. The Morgan fingerprint density at radius 1 is 0.955 bits per heavy atom. The summed E-state index contributed by atoms with van der Waals surface area (Å²) in [4.78, 5) is 10.8. The molecule has 1 atom stereocenters. The van der Waals surface area contributed by atoms with Crippen molar-refractivity contribution in [1.29, 1.82) is 0 Å². The largest absolute Gasteiger partial charge is 0.479 e. The first-order valence-electron chi connectivity index (χ1n) is 9.49. The van der Waals surface area contributed by atoms with Gasteiger partial charge in [0.25, 0.3) is 0 Å². The van der Waals surface area contributed by atoms with E-state index in [1.807, 2.05) is 0 Å². The van der Waals surface area contributed by atoms with E-state index in [4.69, 9.17) is 9.84 Å². The number of carboxylic acid groups (broad SMARTS) is 1. The summed E-state index contributed by atoms with van der Waals surface area (Å²) < 4.78 is 4.93. The molecule has 0 radical (unpaired) electrons. The second-order valence-corrected chi connectivity index (χ2v) is 6.97. The van der Waals surface area contributed by atoms with Crippen molar-refractivity contribution in [1.82, 2.24) is 0 Å². The maximum atomic E-state index is 10.8. The number of carbonyl (C=O) groups is 1. The molecule has 0 aromatic rings. The van der Waals surface area contributed by atoms with Crippen LogP contribution in [0.4, 0.5) is 0 Å². The Bertz CT molecular complexity index is 272. The monoisotopic (exact) mass is 312 g/mol. The van der Waals surface area contributed by atoms with Crippen molar-refractivity contribution in [3.63, 3.8) is 0 Å². The summed E-state index contributed by atoms with van der Waals surface area (Å²) >= 11 is 0. The van der Waals surface area contributed by atoms with Crippen LogP contribution in [0, 0.1) is 5.92 Å². The summed E-state index contributed by atoms with van der Waals surface area (Å²) in [7, 11) is 1.48. The van der Waals surface area contributed by atoms with E-state index in [0.717, 1.165) is 18.8 Å². The van der Waals surface area contributed by atoms with Crippen LogP contribution in [0.2, 0.25) is 0 Å². The molecular weight excluding hydrogens is 276 g/mol. The molecule has 1 N–H and O–H groups in total. The third kappa shape index (κ3) is 9.45. The quantitative estimate of drug-likeness (QED) is 0.452. The molecule has 3 nitrogen and oxygen atoms in total. The van der Waals surface area contributed by atoms with Crippen molar-refractivity contribution in [2.24, 2.45) is 5.92 Å². The standard InChI is InChI=1S/C19H36O3/c1-22-18(19(20)21)16-12-7-5-3-2-4-6-9-13-17-14-10-8-11-15-17/h17-18H,2-16H2,1H3,(H,20,21). The lowest BCUT2D eigenvalue weighted by Gasteiger charge is -2.21. The first-order chi connectivity index (χ1) is 10.7. The molecular formula is C19H36O3. The number of methoxy groups -OCH3 is 1. The van der Waals surface area contributed by atoms with Crippen LogP contribution in [0.5, 0.6) is 0 Å². The van der Waals surface area contributed by atoms with Crippen molar-refractivity contribution in [2.45, 2.75) is 102 Å². The van der Waals surface area contributed by atoms with Crippen LogP contribution in [-0.4, -0.2) is 24.3 Å². The smallest absolute Gasteiger partial charge is 0.332 e. The van der Waals surface area contributed by atoms with Gasteiger partial charge in [0.05, 0.1) is 0 Å². The zero-order valence-corrected chi connectivity index (χ0v) is 14.5. The number of rotatable bonds is 13. The topological polar surface area (TPSA) is 46.5 Å². The molecule has 1 rings (SSSR count). The Morgan fingerprint density at radius 2 is 1.50 bits per heavy atom. The minimum atomic E-state index is -0.833. The van der Waals surface area contributed by atoms with E-state index in [1.54, 1.807) is 0 Å². The Hall–Kier alpha value is -0.570. The molecule has 0 amide bonds. The molecule has 0 heterocycles. The predicted molar refractivity (Wildman–Crippen MR) is 91.2 cm³/mol. The normalized spacial score (nSPS) is 17.5. The minimum absolute atomic E-state index is 0.611. The van der Waals surface area contributed by atoms with Crippen molar-refractivity contribution in [2.75, 3.05) is 7.11 Å². The van der Waals surface area contributed by atoms with Gasteiger partial charge in [0.2, 0.25) is 0 Å². The van der Waals surface area contributed by atoms with Crippen LogP contribution in [0.15, 0.2) is 0 Å². The van der Waals surface area contributed by atoms with E-state index < -0.39 is 12.1 Å². The van der Waals surface area contributed by atoms with Crippen molar-refractivity contribution >= 4 is 5.97 Å². The SMILES string of the molecule is COC(CCCCCCCCCCC1CCCCC1)C(=O)O.